The molecular formula is C20H18FNO2S. The smallest absolute Gasteiger partial charge is 0.294 e. The number of benzene rings is 2. The number of thioether (sulfide) groups is 1. The molecule has 0 spiro atoms. The number of para-hydroxylation sites is 2. The molecule has 5 heteroatoms. The molecule has 25 heavy (non-hydrogen) atoms. The molecule has 1 amide bonds. The zero-order valence-electron chi connectivity index (χ0n) is 14.1. The van der Waals surface area contributed by atoms with E-state index < -0.39 is 5.82 Å². The van der Waals surface area contributed by atoms with Gasteiger partial charge in [0.25, 0.3) is 5.91 Å². The molecule has 1 unspecified atom stereocenters. The van der Waals surface area contributed by atoms with Crippen molar-refractivity contribution >= 4 is 34.3 Å². The van der Waals surface area contributed by atoms with Crippen LogP contribution >= 0.6 is 11.8 Å². The van der Waals surface area contributed by atoms with Crippen molar-refractivity contribution in [2.24, 2.45) is 0 Å². The fourth-order valence-electron chi connectivity index (χ4n) is 3.23. The molecule has 1 aliphatic heterocycles. The number of anilines is 1. The Labute approximate surface area is 149 Å². The van der Waals surface area contributed by atoms with Crippen LogP contribution in [0.4, 0.5) is 10.1 Å². The van der Waals surface area contributed by atoms with Crippen molar-refractivity contribution < 1.29 is 13.6 Å². The molecule has 0 bridgehead atoms. The summed E-state index contributed by atoms with van der Waals surface area (Å²) in [7, 11) is 0. The van der Waals surface area contributed by atoms with Crippen LogP contribution in [0.2, 0.25) is 0 Å². The Hall–Kier alpha value is -2.27. The van der Waals surface area contributed by atoms with Gasteiger partial charge in [-0.1, -0.05) is 31.2 Å². The molecule has 0 radical (unpaired) electrons. The van der Waals surface area contributed by atoms with Gasteiger partial charge in [-0.3, -0.25) is 4.79 Å². The number of hydrogen-bond acceptors (Lipinski definition) is 3. The molecular weight excluding hydrogens is 337 g/mol. The van der Waals surface area contributed by atoms with Gasteiger partial charge in [-0.25, -0.2) is 4.39 Å². The van der Waals surface area contributed by atoms with Gasteiger partial charge in [-0.05, 0) is 31.5 Å². The lowest BCUT2D eigenvalue weighted by atomic mass is 10.1. The molecule has 0 fully saturated rings. The fourth-order valence-corrected chi connectivity index (χ4v) is 4.35. The van der Waals surface area contributed by atoms with Crippen molar-refractivity contribution in [3.63, 3.8) is 0 Å². The van der Waals surface area contributed by atoms with Gasteiger partial charge in [0.1, 0.15) is 0 Å². The predicted molar refractivity (Wildman–Crippen MR) is 99.0 cm³/mol. The number of aryl methyl sites for hydroxylation is 1. The highest BCUT2D eigenvalue weighted by Crippen LogP contribution is 2.38. The van der Waals surface area contributed by atoms with Crippen LogP contribution in [-0.2, 0) is 0 Å². The second-order valence-corrected chi connectivity index (χ2v) is 7.79. The Morgan fingerprint density at radius 3 is 2.84 bits per heavy atom. The lowest BCUT2D eigenvalue weighted by Crippen LogP contribution is -2.32. The first kappa shape index (κ1) is 16.2. The van der Waals surface area contributed by atoms with Crippen LogP contribution < -0.4 is 4.90 Å². The first-order valence-electron chi connectivity index (χ1n) is 8.31. The molecule has 2 heterocycles. The highest BCUT2D eigenvalue weighted by Gasteiger charge is 2.29. The van der Waals surface area contributed by atoms with E-state index in [0.29, 0.717) is 22.7 Å². The third-order valence-electron chi connectivity index (χ3n) is 4.60. The van der Waals surface area contributed by atoms with E-state index in [4.69, 9.17) is 4.42 Å². The van der Waals surface area contributed by atoms with Crippen LogP contribution in [0.15, 0.2) is 51.8 Å². The Bertz CT molecular complexity index is 965. The largest absolute Gasteiger partial charge is 0.448 e. The normalized spacial score (nSPS) is 17.4. The SMILES string of the molecule is Cc1c(C(=O)N2CCC(C)Sc3ccccc32)oc2c(F)cccc12. The Morgan fingerprint density at radius 2 is 2.04 bits per heavy atom. The zero-order valence-corrected chi connectivity index (χ0v) is 14.9. The minimum absolute atomic E-state index is 0.147. The Kier molecular flexibility index (Phi) is 4.04. The average molecular weight is 355 g/mol. The second-order valence-electron chi connectivity index (χ2n) is 6.31. The molecule has 0 saturated carbocycles. The number of furan rings is 1. The highest BCUT2D eigenvalue weighted by molar-refractivity contribution is 8.00. The van der Waals surface area contributed by atoms with Crippen LogP contribution in [0.1, 0.15) is 29.5 Å². The molecule has 3 nitrogen and oxygen atoms in total. The van der Waals surface area contributed by atoms with Crippen molar-refractivity contribution in [3.8, 4) is 0 Å². The lowest BCUT2D eigenvalue weighted by molar-refractivity contribution is 0.0961. The number of carbonyl (C=O) groups excluding carboxylic acids is 1. The van der Waals surface area contributed by atoms with Gasteiger partial charge < -0.3 is 9.32 Å². The Balaban J connectivity index is 1.81. The molecule has 0 aliphatic carbocycles. The van der Waals surface area contributed by atoms with E-state index in [2.05, 4.69) is 6.92 Å². The molecule has 0 saturated heterocycles. The number of hydrogen-bond donors (Lipinski definition) is 0. The van der Waals surface area contributed by atoms with Crippen molar-refractivity contribution in [1.82, 2.24) is 0 Å². The van der Waals surface area contributed by atoms with Crippen molar-refractivity contribution in [2.45, 2.75) is 30.4 Å². The second kappa shape index (κ2) is 6.23. The molecule has 0 N–H and O–H groups in total. The van der Waals surface area contributed by atoms with Gasteiger partial charge >= 0.3 is 0 Å². The minimum atomic E-state index is -0.444. The van der Waals surface area contributed by atoms with Crippen LogP contribution in [0.3, 0.4) is 0 Å². The predicted octanol–water partition coefficient (Wildman–Crippen LogP) is 5.41. The van der Waals surface area contributed by atoms with E-state index in [1.807, 2.05) is 24.3 Å². The topological polar surface area (TPSA) is 33.5 Å². The van der Waals surface area contributed by atoms with Crippen molar-refractivity contribution in [3.05, 3.63) is 59.6 Å². The monoisotopic (exact) mass is 355 g/mol. The number of rotatable bonds is 1. The van der Waals surface area contributed by atoms with Crippen LogP contribution in [0.25, 0.3) is 11.0 Å². The average Bonchev–Trinajstić information content (AvgIpc) is 2.84. The third-order valence-corrected chi connectivity index (χ3v) is 5.84. The number of fused-ring (bicyclic) bond motifs is 2. The third kappa shape index (κ3) is 2.72. The molecule has 4 rings (SSSR count). The van der Waals surface area contributed by atoms with E-state index in [1.165, 1.54) is 6.07 Å². The van der Waals surface area contributed by atoms with E-state index in [-0.39, 0.29) is 17.3 Å². The Morgan fingerprint density at radius 1 is 1.24 bits per heavy atom. The van der Waals surface area contributed by atoms with Gasteiger partial charge in [0.2, 0.25) is 0 Å². The summed E-state index contributed by atoms with van der Waals surface area (Å²) in [6.07, 6.45) is 0.888. The molecule has 1 atom stereocenters. The summed E-state index contributed by atoms with van der Waals surface area (Å²) in [5.74, 6) is -0.440. The molecule has 2 aromatic carbocycles. The molecule has 1 aromatic heterocycles. The van der Waals surface area contributed by atoms with Crippen LogP contribution in [-0.4, -0.2) is 17.7 Å². The standard InChI is InChI=1S/C20H18FNO2S/c1-12-10-11-22(16-8-3-4-9-17(16)25-12)20(23)18-13(2)14-6-5-7-15(21)19(14)24-18/h3-9,12H,10-11H2,1-2H3. The summed E-state index contributed by atoms with van der Waals surface area (Å²) in [5, 5.41) is 1.07. The summed E-state index contributed by atoms with van der Waals surface area (Å²) < 4.78 is 19.7. The fraction of sp³-hybridized carbons (Fsp3) is 0.250. The number of carbonyl (C=O) groups is 1. The summed E-state index contributed by atoms with van der Waals surface area (Å²) in [4.78, 5) is 16.1. The molecule has 1 aliphatic rings. The van der Waals surface area contributed by atoms with Gasteiger partial charge in [0.05, 0.1) is 5.69 Å². The van der Waals surface area contributed by atoms with Gasteiger partial charge in [-0.15, -0.1) is 11.8 Å². The van der Waals surface area contributed by atoms with Crippen LogP contribution in [0, 0.1) is 12.7 Å². The number of halogens is 1. The van der Waals surface area contributed by atoms with E-state index in [1.54, 1.807) is 35.7 Å². The lowest BCUT2D eigenvalue weighted by Gasteiger charge is -2.21. The van der Waals surface area contributed by atoms with Gasteiger partial charge in [0, 0.05) is 27.6 Å². The summed E-state index contributed by atoms with van der Waals surface area (Å²) >= 11 is 1.78. The first-order chi connectivity index (χ1) is 12.1. The van der Waals surface area contributed by atoms with Gasteiger partial charge in [-0.2, -0.15) is 0 Å². The maximum atomic E-state index is 14.0. The summed E-state index contributed by atoms with van der Waals surface area (Å²) in [6.45, 7) is 4.58. The maximum Gasteiger partial charge on any atom is 0.294 e. The molecule has 128 valence electrons. The highest BCUT2D eigenvalue weighted by atomic mass is 32.2. The van der Waals surface area contributed by atoms with Gasteiger partial charge in [0.15, 0.2) is 17.2 Å². The van der Waals surface area contributed by atoms with E-state index >= 15 is 0 Å². The number of amides is 1. The quantitative estimate of drug-likeness (QED) is 0.585. The maximum absolute atomic E-state index is 14.0. The first-order valence-corrected chi connectivity index (χ1v) is 9.19. The van der Waals surface area contributed by atoms with Crippen molar-refractivity contribution in [2.75, 3.05) is 11.4 Å². The molecule has 3 aromatic rings. The van der Waals surface area contributed by atoms with Crippen molar-refractivity contribution in [1.29, 1.82) is 0 Å². The summed E-state index contributed by atoms with van der Waals surface area (Å²) in [5.41, 5.74) is 1.72. The van der Waals surface area contributed by atoms with E-state index in [0.717, 1.165) is 17.0 Å². The zero-order chi connectivity index (χ0) is 17.6. The number of nitrogens with zero attached hydrogens (tertiary/aromatic N) is 1. The minimum Gasteiger partial charge on any atom is -0.448 e. The van der Waals surface area contributed by atoms with E-state index in [9.17, 15) is 9.18 Å². The van der Waals surface area contributed by atoms with Crippen LogP contribution in [0.5, 0.6) is 0 Å². The summed E-state index contributed by atoms with van der Waals surface area (Å²) in [6, 6.07) is 12.7.